The Balaban J connectivity index is 2.59. The Kier molecular flexibility index (Phi) is 3.09. The van der Waals surface area contributed by atoms with Gasteiger partial charge in [0.15, 0.2) is 0 Å². The molecule has 1 aromatic carbocycles. The van der Waals surface area contributed by atoms with Crippen molar-refractivity contribution in [1.82, 2.24) is 24.9 Å². The minimum absolute atomic E-state index is 0.00306. The Morgan fingerprint density at radius 1 is 1.33 bits per heavy atom. The molecule has 0 atom stereocenters. The van der Waals surface area contributed by atoms with Crippen molar-refractivity contribution in [1.29, 1.82) is 0 Å². The number of tetrazole rings is 1. The molecule has 0 radical (unpaired) electrons. The van der Waals surface area contributed by atoms with Crippen LogP contribution in [0, 0.1) is 5.82 Å². The quantitative estimate of drug-likeness (QED) is 0.864. The van der Waals surface area contributed by atoms with Gasteiger partial charge in [-0.1, -0.05) is 0 Å². The first kappa shape index (κ1) is 12.6. The molecule has 1 heterocycles. The van der Waals surface area contributed by atoms with Crippen LogP contribution < -0.4 is 0 Å². The lowest BCUT2D eigenvalue weighted by molar-refractivity contribution is 0.520. The van der Waals surface area contributed by atoms with Gasteiger partial charge in [-0.2, -0.15) is 5.21 Å². The van der Waals surface area contributed by atoms with Crippen LogP contribution in [-0.2, 0) is 10.0 Å². The predicted octanol–water partition coefficient (Wildman–Crippen LogP) is 0.256. The Hall–Kier alpha value is -1.87. The molecule has 0 aliphatic rings. The molecule has 0 saturated carbocycles. The van der Waals surface area contributed by atoms with Crippen LogP contribution in [0.2, 0.25) is 0 Å². The molecule has 0 fully saturated rings. The normalized spacial score (nSPS) is 12.0. The molecule has 0 bridgehead atoms. The van der Waals surface area contributed by atoms with Crippen LogP contribution in [-0.4, -0.2) is 47.4 Å². The van der Waals surface area contributed by atoms with Gasteiger partial charge in [-0.05, 0) is 23.4 Å². The Morgan fingerprint density at radius 3 is 2.61 bits per heavy atom. The van der Waals surface area contributed by atoms with Crippen LogP contribution in [0.15, 0.2) is 23.1 Å². The molecule has 0 aliphatic carbocycles. The summed E-state index contributed by atoms with van der Waals surface area (Å²) in [5.41, 5.74) is -0.0216. The summed E-state index contributed by atoms with van der Waals surface area (Å²) in [4.78, 5) is -0.0336. The fourth-order valence-corrected chi connectivity index (χ4v) is 2.25. The lowest BCUT2D eigenvalue weighted by Gasteiger charge is -2.11. The fourth-order valence-electron chi connectivity index (χ4n) is 1.32. The first-order valence-electron chi connectivity index (χ1n) is 4.89. The zero-order valence-corrected chi connectivity index (χ0v) is 10.4. The molecule has 7 nitrogen and oxygen atoms in total. The number of benzene rings is 1. The number of hydrogen-bond acceptors (Lipinski definition) is 5. The molecule has 0 spiro atoms. The van der Waals surface area contributed by atoms with E-state index in [1.54, 1.807) is 0 Å². The molecule has 1 N–H and O–H groups in total. The van der Waals surface area contributed by atoms with Gasteiger partial charge in [-0.25, -0.2) is 17.1 Å². The first-order valence-corrected chi connectivity index (χ1v) is 6.33. The molecule has 0 saturated heterocycles. The van der Waals surface area contributed by atoms with Gasteiger partial charge in [-0.15, -0.1) is 10.2 Å². The van der Waals surface area contributed by atoms with Crippen molar-refractivity contribution in [3.63, 3.8) is 0 Å². The number of halogens is 1. The minimum Gasteiger partial charge on any atom is -0.207 e. The SMILES string of the molecule is CN(C)S(=O)(=O)c1ccc(F)c(-c2nn[nH]n2)c1. The highest BCUT2D eigenvalue weighted by Crippen LogP contribution is 2.23. The lowest BCUT2D eigenvalue weighted by Crippen LogP contribution is -2.22. The second kappa shape index (κ2) is 4.42. The summed E-state index contributed by atoms with van der Waals surface area (Å²) in [6, 6.07) is 3.42. The number of sulfonamides is 1. The first-order chi connectivity index (χ1) is 8.43. The Bertz CT molecular complexity index is 654. The summed E-state index contributed by atoms with van der Waals surface area (Å²) in [5.74, 6) is -0.614. The van der Waals surface area contributed by atoms with Crippen molar-refractivity contribution in [3.05, 3.63) is 24.0 Å². The maximum atomic E-state index is 13.6. The number of nitrogens with one attached hydrogen (secondary N) is 1. The third-order valence-electron chi connectivity index (χ3n) is 2.30. The topological polar surface area (TPSA) is 91.8 Å². The van der Waals surface area contributed by atoms with Crippen molar-refractivity contribution >= 4 is 10.0 Å². The molecule has 2 rings (SSSR count). The van der Waals surface area contributed by atoms with E-state index in [1.807, 2.05) is 0 Å². The van der Waals surface area contributed by atoms with Crippen LogP contribution in [0.1, 0.15) is 0 Å². The Morgan fingerprint density at radius 2 is 2.06 bits per heavy atom. The van der Waals surface area contributed by atoms with Gasteiger partial charge in [-0.3, -0.25) is 0 Å². The summed E-state index contributed by atoms with van der Waals surface area (Å²) < 4.78 is 38.4. The third kappa shape index (κ3) is 2.09. The van der Waals surface area contributed by atoms with E-state index in [2.05, 4.69) is 20.6 Å². The van der Waals surface area contributed by atoms with Gasteiger partial charge < -0.3 is 0 Å². The second-order valence-electron chi connectivity index (χ2n) is 3.66. The molecule has 18 heavy (non-hydrogen) atoms. The lowest BCUT2D eigenvalue weighted by atomic mass is 10.2. The average Bonchev–Trinajstić information content (AvgIpc) is 2.82. The molecule has 0 unspecified atom stereocenters. The number of aromatic amines is 1. The fraction of sp³-hybridized carbons (Fsp3) is 0.222. The van der Waals surface area contributed by atoms with Crippen LogP contribution in [0.25, 0.3) is 11.4 Å². The van der Waals surface area contributed by atoms with Gasteiger partial charge in [0, 0.05) is 14.1 Å². The van der Waals surface area contributed by atoms with Crippen molar-refractivity contribution in [2.45, 2.75) is 4.90 Å². The van der Waals surface area contributed by atoms with Gasteiger partial charge in [0.25, 0.3) is 0 Å². The zero-order chi connectivity index (χ0) is 13.3. The van der Waals surface area contributed by atoms with Crippen molar-refractivity contribution < 1.29 is 12.8 Å². The average molecular weight is 271 g/mol. The van der Waals surface area contributed by atoms with Crippen molar-refractivity contribution in [2.24, 2.45) is 0 Å². The summed E-state index contributed by atoms with van der Waals surface area (Å²) in [7, 11) is -0.836. The van der Waals surface area contributed by atoms with E-state index < -0.39 is 15.8 Å². The van der Waals surface area contributed by atoms with E-state index in [0.29, 0.717) is 0 Å². The highest BCUT2D eigenvalue weighted by molar-refractivity contribution is 7.89. The predicted molar refractivity (Wildman–Crippen MR) is 60.4 cm³/mol. The molecular formula is C9H10FN5O2S. The van der Waals surface area contributed by atoms with Gasteiger partial charge in [0.2, 0.25) is 15.8 Å². The maximum absolute atomic E-state index is 13.6. The smallest absolute Gasteiger partial charge is 0.207 e. The van der Waals surface area contributed by atoms with Crippen LogP contribution in [0.3, 0.4) is 0 Å². The van der Waals surface area contributed by atoms with E-state index >= 15 is 0 Å². The maximum Gasteiger partial charge on any atom is 0.242 e. The number of nitrogens with zero attached hydrogens (tertiary/aromatic N) is 4. The minimum atomic E-state index is -3.63. The molecule has 0 aliphatic heterocycles. The highest BCUT2D eigenvalue weighted by atomic mass is 32.2. The number of rotatable bonds is 3. The van der Waals surface area contributed by atoms with E-state index in [9.17, 15) is 12.8 Å². The molecule has 9 heteroatoms. The Labute approximate surface area is 103 Å². The number of H-pyrrole nitrogens is 1. The molecular weight excluding hydrogens is 261 g/mol. The molecule has 96 valence electrons. The molecule has 2 aromatic rings. The summed E-state index contributed by atoms with van der Waals surface area (Å²) in [5, 5.41) is 12.7. The van der Waals surface area contributed by atoms with Crippen molar-refractivity contribution in [2.75, 3.05) is 14.1 Å². The van der Waals surface area contributed by atoms with E-state index in [0.717, 1.165) is 10.4 Å². The molecule has 0 amide bonds. The third-order valence-corrected chi connectivity index (χ3v) is 4.11. The summed E-state index contributed by atoms with van der Waals surface area (Å²) >= 11 is 0. The largest absolute Gasteiger partial charge is 0.242 e. The number of hydrogen-bond donors (Lipinski definition) is 1. The van der Waals surface area contributed by atoms with Gasteiger partial charge in [0.1, 0.15) is 5.82 Å². The highest BCUT2D eigenvalue weighted by Gasteiger charge is 2.20. The van der Waals surface area contributed by atoms with Crippen LogP contribution in [0.4, 0.5) is 4.39 Å². The number of aromatic nitrogens is 4. The monoisotopic (exact) mass is 271 g/mol. The van der Waals surface area contributed by atoms with E-state index in [-0.39, 0.29) is 16.3 Å². The standard InChI is InChI=1S/C9H10FN5O2S/c1-15(2)18(16,17)6-3-4-8(10)7(5-6)9-11-13-14-12-9/h3-5H,1-2H3,(H,11,12,13,14). The van der Waals surface area contributed by atoms with Crippen LogP contribution in [0.5, 0.6) is 0 Å². The van der Waals surface area contributed by atoms with Crippen molar-refractivity contribution in [3.8, 4) is 11.4 Å². The second-order valence-corrected chi connectivity index (χ2v) is 5.82. The van der Waals surface area contributed by atoms with E-state index in [4.69, 9.17) is 0 Å². The van der Waals surface area contributed by atoms with Crippen LogP contribution >= 0.6 is 0 Å². The van der Waals surface area contributed by atoms with Gasteiger partial charge >= 0.3 is 0 Å². The van der Waals surface area contributed by atoms with E-state index in [1.165, 1.54) is 26.2 Å². The summed E-state index contributed by atoms with van der Waals surface area (Å²) in [6.07, 6.45) is 0. The molecule has 1 aromatic heterocycles. The zero-order valence-electron chi connectivity index (χ0n) is 9.62. The summed E-state index contributed by atoms with van der Waals surface area (Å²) in [6.45, 7) is 0. The van der Waals surface area contributed by atoms with Gasteiger partial charge in [0.05, 0.1) is 10.5 Å².